The second kappa shape index (κ2) is 8.89. The first-order chi connectivity index (χ1) is 12.7. The van der Waals surface area contributed by atoms with E-state index < -0.39 is 0 Å². The molecule has 0 saturated carbocycles. The lowest BCUT2D eigenvalue weighted by atomic mass is 9.89. The zero-order chi connectivity index (χ0) is 18.4. The molecule has 0 aromatic heterocycles. The van der Waals surface area contributed by atoms with Gasteiger partial charge in [0.2, 0.25) is 0 Å². The summed E-state index contributed by atoms with van der Waals surface area (Å²) in [5.74, 6) is -0.139. The quantitative estimate of drug-likeness (QED) is 0.644. The van der Waals surface area contributed by atoms with Gasteiger partial charge in [-0.25, -0.2) is 0 Å². The number of rotatable bonds is 5. The Morgan fingerprint density at radius 3 is 2.62 bits per heavy atom. The molecular formula is C22H29N3O. The number of fused-ring (bicyclic) bond motifs is 1. The highest BCUT2D eigenvalue weighted by atomic mass is 16.2. The van der Waals surface area contributed by atoms with E-state index in [4.69, 9.17) is 0 Å². The van der Waals surface area contributed by atoms with Gasteiger partial charge in [0.05, 0.1) is 6.04 Å². The summed E-state index contributed by atoms with van der Waals surface area (Å²) in [5.41, 5.74) is 4.39. The van der Waals surface area contributed by atoms with E-state index in [9.17, 15) is 10.1 Å². The maximum atomic E-state index is 12.6. The van der Waals surface area contributed by atoms with Crippen LogP contribution in [0, 0.1) is 11.3 Å². The lowest BCUT2D eigenvalue weighted by Gasteiger charge is -2.26. The van der Waals surface area contributed by atoms with Gasteiger partial charge < -0.3 is 10.2 Å². The Morgan fingerprint density at radius 2 is 1.92 bits per heavy atom. The molecule has 0 radical (unpaired) electrons. The molecule has 1 aromatic carbocycles. The maximum absolute atomic E-state index is 12.6. The normalized spacial score (nSPS) is 18.6. The van der Waals surface area contributed by atoms with E-state index in [1.165, 1.54) is 42.4 Å². The summed E-state index contributed by atoms with van der Waals surface area (Å²) in [6.45, 7) is 3.66. The van der Waals surface area contributed by atoms with Crippen LogP contribution in [0.25, 0.3) is 0 Å². The molecular weight excluding hydrogens is 322 g/mol. The lowest BCUT2D eigenvalue weighted by molar-refractivity contribution is -0.127. The fourth-order valence-electron chi connectivity index (χ4n) is 4.01. The van der Waals surface area contributed by atoms with Crippen LogP contribution in [-0.4, -0.2) is 23.9 Å². The molecule has 3 rings (SSSR count). The van der Waals surface area contributed by atoms with E-state index in [1.807, 2.05) is 0 Å². The van der Waals surface area contributed by atoms with Crippen LogP contribution in [0.3, 0.4) is 0 Å². The third kappa shape index (κ3) is 4.27. The molecule has 1 aromatic rings. The molecule has 0 spiro atoms. The standard InChI is InChI=1S/C22H29N3O/c1-2-21(19-11-10-17-8-4-5-9-18(17)14-19)24-16-20(15-23)22(26)25-12-6-3-7-13-25/h10-11,14,16,21,24H,2-9,12-13H2,1H3/b20-16-. The first kappa shape index (κ1) is 18.5. The Kier molecular flexibility index (Phi) is 6.33. The smallest absolute Gasteiger partial charge is 0.265 e. The molecule has 1 N–H and O–H groups in total. The molecule has 1 fully saturated rings. The highest BCUT2D eigenvalue weighted by Gasteiger charge is 2.21. The average molecular weight is 351 g/mol. The summed E-state index contributed by atoms with van der Waals surface area (Å²) in [5, 5.41) is 12.8. The molecule has 0 bridgehead atoms. The highest BCUT2D eigenvalue weighted by molar-refractivity contribution is 5.97. The van der Waals surface area contributed by atoms with Crippen LogP contribution in [0.15, 0.2) is 30.0 Å². The minimum atomic E-state index is -0.139. The van der Waals surface area contributed by atoms with Gasteiger partial charge in [0, 0.05) is 19.3 Å². The lowest BCUT2D eigenvalue weighted by Crippen LogP contribution is -2.36. The largest absolute Gasteiger partial charge is 0.383 e. The van der Waals surface area contributed by atoms with Gasteiger partial charge in [-0.3, -0.25) is 4.79 Å². The monoisotopic (exact) mass is 351 g/mol. The predicted molar refractivity (Wildman–Crippen MR) is 103 cm³/mol. The average Bonchev–Trinajstić information content (AvgIpc) is 2.71. The van der Waals surface area contributed by atoms with Crippen LogP contribution in [-0.2, 0) is 17.6 Å². The van der Waals surface area contributed by atoms with E-state index in [0.29, 0.717) is 0 Å². The minimum absolute atomic E-state index is 0.125. The SMILES string of the molecule is CCC(N/C=C(/C#N)C(=O)N1CCCCC1)c1ccc2c(c1)CCCC2. The van der Waals surface area contributed by atoms with Crippen molar-refractivity contribution in [2.75, 3.05) is 13.1 Å². The predicted octanol–water partition coefficient (Wildman–Crippen LogP) is 4.03. The Balaban J connectivity index is 1.71. The number of hydrogen-bond donors (Lipinski definition) is 1. The van der Waals surface area contributed by atoms with Crippen molar-refractivity contribution in [1.29, 1.82) is 5.26 Å². The van der Waals surface area contributed by atoms with E-state index in [0.717, 1.165) is 38.8 Å². The Hall–Kier alpha value is -2.28. The van der Waals surface area contributed by atoms with Gasteiger partial charge in [-0.05, 0) is 68.1 Å². The molecule has 1 saturated heterocycles. The Bertz CT molecular complexity index is 711. The van der Waals surface area contributed by atoms with Gasteiger partial charge >= 0.3 is 0 Å². The van der Waals surface area contributed by atoms with Crippen molar-refractivity contribution in [1.82, 2.24) is 10.2 Å². The molecule has 4 heteroatoms. The molecule has 4 nitrogen and oxygen atoms in total. The van der Waals surface area contributed by atoms with Crippen molar-refractivity contribution in [2.24, 2.45) is 0 Å². The number of piperidine rings is 1. The zero-order valence-electron chi connectivity index (χ0n) is 15.8. The molecule has 1 amide bonds. The topological polar surface area (TPSA) is 56.1 Å². The summed E-state index contributed by atoms with van der Waals surface area (Å²) in [6, 6.07) is 8.96. The number of carbonyl (C=O) groups excluding carboxylic acids is 1. The van der Waals surface area contributed by atoms with Crippen LogP contribution in [0.2, 0.25) is 0 Å². The number of nitrogens with zero attached hydrogens (tertiary/aromatic N) is 2. The van der Waals surface area contributed by atoms with Crippen LogP contribution in [0.4, 0.5) is 0 Å². The van der Waals surface area contributed by atoms with Gasteiger partial charge in [-0.15, -0.1) is 0 Å². The van der Waals surface area contributed by atoms with Crippen LogP contribution in [0.1, 0.15) is 68.2 Å². The van der Waals surface area contributed by atoms with Crippen molar-refractivity contribution < 1.29 is 4.79 Å². The van der Waals surface area contributed by atoms with Crippen molar-refractivity contribution in [2.45, 2.75) is 64.3 Å². The summed E-state index contributed by atoms with van der Waals surface area (Å²) >= 11 is 0. The van der Waals surface area contributed by atoms with Crippen LogP contribution < -0.4 is 5.32 Å². The van der Waals surface area contributed by atoms with Crippen molar-refractivity contribution >= 4 is 5.91 Å². The third-order valence-corrected chi connectivity index (χ3v) is 5.61. The second-order valence-electron chi connectivity index (χ2n) is 7.39. The molecule has 1 heterocycles. The molecule has 138 valence electrons. The number of likely N-dealkylation sites (tertiary alicyclic amines) is 1. The van der Waals surface area contributed by atoms with Gasteiger partial charge in [-0.2, -0.15) is 5.26 Å². The van der Waals surface area contributed by atoms with Crippen molar-refractivity contribution in [3.05, 3.63) is 46.7 Å². The number of nitriles is 1. The van der Waals surface area contributed by atoms with E-state index in [1.54, 1.807) is 11.1 Å². The van der Waals surface area contributed by atoms with Gasteiger partial charge in [0.15, 0.2) is 0 Å². The number of nitrogens with one attached hydrogen (secondary N) is 1. The molecule has 1 atom stereocenters. The number of benzene rings is 1. The van der Waals surface area contributed by atoms with Crippen molar-refractivity contribution in [3.8, 4) is 6.07 Å². The molecule has 1 aliphatic carbocycles. The fourth-order valence-corrected chi connectivity index (χ4v) is 4.01. The third-order valence-electron chi connectivity index (χ3n) is 5.61. The molecule has 1 aliphatic heterocycles. The van der Waals surface area contributed by atoms with E-state index >= 15 is 0 Å². The van der Waals surface area contributed by atoms with Crippen molar-refractivity contribution in [3.63, 3.8) is 0 Å². The summed E-state index contributed by atoms with van der Waals surface area (Å²) < 4.78 is 0. The fraction of sp³-hybridized carbons (Fsp3) is 0.545. The first-order valence-electron chi connectivity index (χ1n) is 10.00. The van der Waals surface area contributed by atoms with Gasteiger partial charge in [0.1, 0.15) is 11.6 Å². The van der Waals surface area contributed by atoms with Crippen LogP contribution >= 0.6 is 0 Å². The zero-order valence-corrected chi connectivity index (χ0v) is 15.8. The number of amides is 1. The molecule has 1 unspecified atom stereocenters. The summed E-state index contributed by atoms with van der Waals surface area (Å²) in [4.78, 5) is 14.4. The number of aryl methyl sites for hydroxylation is 2. The van der Waals surface area contributed by atoms with E-state index in [2.05, 4.69) is 36.5 Å². The highest BCUT2D eigenvalue weighted by Crippen LogP contribution is 2.26. The van der Waals surface area contributed by atoms with Gasteiger partial charge in [0.25, 0.3) is 5.91 Å². The van der Waals surface area contributed by atoms with Crippen LogP contribution in [0.5, 0.6) is 0 Å². The van der Waals surface area contributed by atoms with Gasteiger partial charge in [-0.1, -0.05) is 25.1 Å². The molecule has 2 aliphatic rings. The van der Waals surface area contributed by atoms with E-state index in [-0.39, 0.29) is 17.5 Å². The maximum Gasteiger partial charge on any atom is 0.265 e. The number of hydrogen-bond acceptors (Lipinski definition) is 3. The Labute approximate surface area is 156 Å². The summed E-state index contributed by atoms with van der Waals surface area (Å²) in [6.07, 6.45) is 10.7. The Morgan fingerprint density at radius 1 is 1.19 bits per heavy atom. The minimum Gasteiger partial charge on any atom is -0.383 e. The second-order valence-corrected chi connectivity index (χ2v) is 7.39. The summed E-state index contributed by atoms with van der Waals surface area (Å²) in [7, 11) is 0. The molecule has 26 heavy (non-hydrogen) atoms. The first-order valence-corrected chi connectivity index (χ1v) is 10.00. The number of carbonyl (C=O) groups is 1.